The molecular formula is C15H25N6O10P. The van der Waals surface area contributed by atoms with E-state index >= 15 is 0 Å². The molecule has 16 nitrogen and oxygen atoms in total. The molecule has 0 bridgehead atoms. The second kappa shape index (κ2) is 11.4. The fraction of sp³-hybridized carbons (Fsp3) is 0.667. The van der Waals surface area contributed by atoms with Crippen molar-refractivity contribution in [2.24, 2.45) is 0 Å². The topological polar surface area (TPSA) is 220 Å². The van der Waals surface area contributed by atoms with Gasteiger partial charge in [-0.15, -0.1) is 10.2 Å². The standard InChI is InChI=1S/C15H25N6O10P/c1-3-30-32(28,31-4-2)13(15(26)27)16-12-10-11(20(7-24)18-12)14(25)21(19-17-10)8-29-9(5-22)6-23/h9,13,22-24H,3-8H2,1-2H3,(H,16,18)(H,26,27). The van der Waals surface area contributed by atoms with E-state index in [1.165, 1.54) is 13.8 Å². The number of carboxylic acid groups (broad SMARTS) is 1. The Hall–Kier alpha value is -2.46. The summed E-state index contributed by atoms with van der Waals surface area (Å²) in [5.41, 5.74) is -1.29. The molecule has 0 spiro atoms. The van der Waals surface area contributed by atoms with Gasteiger partial charge >= 0.3 is 13.6 Å². The number of hydrogen-bond acceptors (Lipinski definition) is 13. The third-order valence-electron chi connectivity index (χ3n) is 4.03. The number of aliphatic hydroxyl groups excluding tert-OH is 3. The Balaban J connectivity index is 2.48. The number of nitrogens with zero attached hydrogens (tertiary/aromatic N) is 5. The van der Waals surface area contributed by atoms with Crippen LogP contribution in [0.3, 0.4) is 0 Å². The number of aromatic nitrogens is 5. The van der Waals surface area contributed by atoms with Crippen molar-refractivity contribution in [2.75, 3.05) is 31.7 Å². The SMILES string of the molecule is CCOP(=O)(OCC)C(Nc1nn(CO)c2c(=O)n(COC(CO)CO)nnc12)C(=O)O. The van der Waals surface area contributed by atoms with E-state index in [2.05, 4.69) is 20.7 Å². The van der Waals surface area contributed by atoms with Crippen molar-refractivity contribution >= 4 is 30.4 Å². The van der Waals surface area contributed by atoms with Gasteiger partial charge in [0, 0.05) is 0 Å². The number of anilines is 1. The zero-order chi connectivity index (χ0) is 23.9. The van der Waals surface area contributed by atoms with Crippen LogP contribution in [0.25, 0.3) is 11.0 Å². The molecule has 17 heteroatoms. The molecule has 0 aliphatic carbocycles. The van der Waals surface area contributed by atoms with Crippen LogP contribution in [0.5, 0.6) is 0 Å². The number of ether oxygens (including phenoxy) is 1. The zero-order valence-electron chi connectivity index (χ0n) is 17.3. The molecule has 180 valence electrons. The Morgan fingerprint density at radius 2 is 1.78 bits per heavy atom. The highest BCUT2D eigenvalue weighted by Gasteiger charge is 2.42. The average Bonchev–Trinajstić information content (AvgIpc) is 3.12. The molecule has 1 atom stereocenters. The molecule has 0 saturated carbocycles. The molecule has 0 fully saturated rings. The van der Waals surface area contributed by atoms with E-state index in [1.807, 2.05) is 0 Å². The Kier molecular flexibility index (Phi) is 9.21. The van der Waals surface area contributed by atoms with Crippen LogP contribution < -0.4 is 10.9 Å². The first-order chi connectivity index (χ1) is 15.3. The van der Waals surface area contributed by atoms with Crippen molar-refractivity contribution in [2.45, 2.75) is 39.2 Å². The lowest BCUT2D eigenvalue weighted by Crippen LogP contribution is -2.32. The van der Waals surface area contributed by atoms with Gasteiger partial charge in [-0.2, -0.15) is 4.68 Å². The number of carboxylic acids is 1. The zero-order valence-corrected chi connectivity index (χ0v) is 18.2. The van der Waals surface area contributed by atoms with Gasteiger partial charge in [0.1, 0.15) is 19.6 Å². The molecule has 2 heterocycles. The van der Waals surface area contributed by atoms with Crippen LogP contribution in [0.15, 0.2) is 4.79 Å². The maximum Gasteiger partial charge on any atom is 0.364 e. The van der Waals surface area contributed by atoms with Crippen LogP contribution in [0.1, 0.15) is 13.8 Å². The Morgan fingerprint density at radius 1 is 1.16 bits per heavy atom. The second-order valence-electron chi connectivity index (χ2n) is 6.12. The van der Waals surface area contributed by atoms with Crippen molar-refractivity contribution in [3.8, 4) is 0 Å². The minimum absolute atomic E-state index is 0.0955. The number of hydrogen-bond donors (Lipinski definition) is 5. The predicted octanol–water partition coefficient (Wildman–Crippen LogP) is -1.65. The highest BCUT2D eigenvalue weighted by Crippen LogP contribution is 2.53. The van der Waals surface area contributed by atoms with Gasteiger partial charge in [0.15, 0.2) is 16.9 Å². The maximum atomic E-state index is 13.0. The molecule has 0 aliphatic heterocycles. The third-order valence-corrected chi connectivity index (χ3v) is 6.25. The Labute approximate surface area is 180 Å². The lowest BCUT2D eigenvalue weighted by atomic mass is 10.4. The van der Waals surface area contributed by atoms with Crippen LogP contribution in [-0.2, 0) is 36.6 Å². The number of aliphatic carboxylic acids is 1. The normalized spacial score (nSPS) is 13.1. The van der Waals surface area contributed by atoms with E-state index in [4.69, 9.17) is 24.0 Å². The fourth-order valence-corrected chi connectivity index (χ4v) is 4.24. The van der Waals surface area contributed by atoms with Crippen LogP contribution in [0.2, 0.25) is 0 Å². The highest BCUT2D eigenvalue weighted by molar-refractivity contribution is 7.55. The van der Waals surface area contributed by atoms with Crippen LogP contribution >= 0.6 is 7.60 Å². The van der Waals surface area contributed by atoms with Gasteiger partial charge < -0.3 is 39.5 Å². The first kappa shape index (κ1) is 25.8. The summed E-state index contributed by atoms with van der Waals surface area (Å²) in [5, 5.41) is 51.1. The van der Waals surface area contributed by atoms with Gasteiger partial charge in [-0.3, -0.25) is 9.36 Å². The number of fused-ring (bicyclic) bond motifs is 1. The van der Waals surface area contributed by atoms with Gasteiger partial charge in [-0.25, -0.2) is 9.48 Å². The van der Waals surface area contributed by atoms with E-state index in [-0.39, 0.29) is 30.1 Å². The number of nitrogens with one attached hydrogen (secondary N) is 1. The first-order valence-corrected chi connectivity index (χ1v) is 11.0. The number of rotatable bonds is 14. The molecule has 32 heavy (non-hydrogen) atoms. The molecular weight excluding hydrogens is 455 g/mol. The van der Waals surface area contributed by atoms with Crippen molar-refractivity contribution < 1.29 is 43.6 Å². The van der Waals surface area contributed by atoms with Crippen molar-refractivity contribution in [3.05, 3.63) is 10.4 Å². The number of carbonyl (C=O) groups is 1. The smallest absolute Gasteiger partial charge is 0.364 e. The van der Waals surface area contributed by atoms with Crippen LogP contribution in [0, 0.1) is 0 Å². The largest absolute Gasteiger partial charge is 0.479 e. The Bertz CT molecular complexity index is 1010. The summed E-state index contributed by atoms with van der Waals surface area (Å²) in [4.78, 5) is 24.6. The van der Waals surface area contributed by atoms with E-state index in [1.54, 1.807) is 0 Å². The summed E-state index contributed by atoms with van der Waals surface area (Å²) < 4.78 is 29.8. The van der Waals surface area contributed by atoms with Gasteiger partial charge in [0.25, 0.3) is 5.56 Å². The van der Waals surface area contributed by atoms with Gasteiger partial charge in [0.2, 0.25) is 5.78 Å². The monoisotopic (exact) mass is 480 g/mol. The maximum absolute atomic E-state index is 13.0. The molecule has 0 amide bonds. The van der Waals surface area contributed by atoms with Crippen LogP contribution in [-0.4, -0.2) is 89.5 Å². The summed E-state index contributed by atoms with van der Waals surface area (Å²) in [6.45, 7) is 0.573. The molecule has 0 saturated heterocycles. The van der Waals surface area contributed by atoms with Gasteiger partial charge in [0.05, 0.1) is 26.4 Å². The van der Waals surface area contributed by atoms with Crippen molar-refractivity contribution in [1.29, 1.82) is 0 Å². The molecule has 0 aromatic carbocycles. The highest BCUT2D eigenvalue weighted by atomic mass is 31.2. The first-order valence-electron chi connectivity index (χ1n) is 9.42. The van der Waals surface area contributed by atoms with Gasteiger partial charge in [-0.05, 0) is 13.8 Å². The fourth-order valence-electron chi connectivity index (χ4n) is 2.60. The van der Waals surface area contributed by atoms with E-state index in [9.17, 15) is 24.4 Å². The van der Waals surface area contributed by atoms with E-state index in [0.29, 0.717) is 0 Å². The summed E-state index contributed by atoms with van der Waals surface area (Å²) in [7, 11) is -4.20. The average molecular weight is 480 g/mol. The van der Waals surface area contributed by atoms with Crippen LogP contribution in [0.4, 0.5) is 5.82 Å². The molecule has 5 N–H and O–H groups in total. The number of aliphatic hydroxyl groups is 3. The summed E-state index contributed by atoms with van der Waals surface area (Å²) in [6, 6.07) is 0. The summed E-state index contributed by atoms with van der Waals surface area (Å²) in [6.07, 6.45) is -0.957. The van der Waals surface area contributed by atoms with Crippen molar-refractivity contribution in [1.82, 2.24) is 24.8 Å². The Morgan fingerprint density at radius 3 is 2.28 bits per heavy atom. The molecule has 0 radical (unpaired) electrons. The molecule has 0 aliphatic rings. The molecule has 2 aromatic rings. The third kappa shape index (κ3) is 5.47. The van der Waals surface area contributed by atoms with Gasteiger partial charge in [-0.1, -0.05) is 5.21 Å². The quantitative estimate of drug-likeness (QED) is 0.191. The lowest BCUT2D eigenvalue weighted by molar-refractivity contribution is -0.136. The predicted molar refractivity (Wildman–Crippen MR) is 107 cm³/mol. The van der Waals surface area contributed by atoms with E-state index < -0.39 is 57.7 Å². The van der Waals surface area contributed by atoms with Crippen molar-refractivity contribution in [3.63, 3.8) is 0 Å². The van der Waals surface area contributed by atoms with E-state index in [0.717, 1.165) is 9.36 Å². The minimum atomic E-state index is -4.20. The molecule has 1 unspecified atom stereocenters. The minimum Gasteiger partial charge on any atom is -0.479 e. The molecule has 2 aromatic heterocycles. The summed E-state index contributed by atoms with van der Waals surface area (Å²) in [5.74, 6) is -3.77. The molecule has 2 rings (SSSR count). The second-order valence-corrected chi connectivity index (χ2v) is 8.24. The lowest BCUT2D eigenvalue weighted by Gasteiger charge is -2.23. The summed E-state index contributed by atoms with van der Waals surface area (Å²) >= 11 is 0.